The second-order valence-electron chi connectivity index (χ2n) is 5.61. The Labute approximate surface area is 135 Å². The van der Waals surface area contributed by atoms with Gasteiger partial charge >= 0.3 is 0 Å². The Bertz CT molecular complexity index is 188. The number of ether oxygens (including phenoxy) is 2. The maximum Gasteiger partial charge on any atom is 0.0566 e. The first-order valence-corrected chi connectivity index (χ1v) is 8.08. The Morgan fingerprint density at radius 3 is 1.05 bits per heavy atom. The molecule has 0 saturated heterocycles. The third-order valence-corrected chi connectivity index (χ3v) is 4.07. The van der Waals surface area contributed by atoms with Crippen LogP contribution in [0.3, 0.4) is 0 Å². The highest BCUT2D eigenvalue weighted by molar-refractivity contribution is 4.79. The summed E-state index contributed by atoms with van der Waals surface area (Å²) in [7, 11) is 0. The molecule has 0 aliphatic rings. The molecule has 0 aliphatic carbocycles. The summed E-state index contributed by atoms with van der Waals surface area (Å²) in [5.41, 5.74) is -1.27. The van der Waals surface area contributed by atoms with Crippen molar-refractivity contribution in [1.29, 1.82) is 0 Å². The lowest BCUT2D eigenvalue weighted by atomic mass is 9.86. The zero-order chi connectivity index (χ0) is 17.5. The molecule has 0 rings (SSSR count). The minimum absolute atomic E-state index is 0.141. The van der Waals surface area contributed by atoms with E-state index in [0.717, 1.165) is 13.2 Å². The summed E-state index contributed by atoms with van der Waals surface area (Å²) in [5.74, 6) is 0. The fourth-order valence-corrected chi connectivity index (χ4v) is 1.62. The summed E-state index contributed by atoms with van der Waals surface area (Å²) in [5, 5.41) is 37.0. The zero-order valence-corrected chi connectivity index (χ0v) is 14.7. The van der Waals surface area contributed by atoms with Crippen molar-refractivity contribution in [2.45, 2.75) is 40.5 Å². The molecule has 4 N–H and O–H groups in total. The molecule has 0 aromatic carbocycles. The van der Waals surface area contributed by atoms with Crippen LogP contribution in [0.1, 0.15) is 40.5 Å². The van der Waals surface area contributed by atoms with Gasteiger partial charge in [0.25, 0.3) is 0 Å². The topological polar surface area (TPSA) is 99.4 Å². The lowest BCUT2D eigenvalue weighted by Crippen LogP contribution is -2.39. The average molecular weight is 324 g/mol. The van der Waals surface area contributed by atoms with Crippen molar-refractivity contribution in [2.75, 3.05) is 52.9 Å². The Kier molecular flexibility index (Phi) is 15.7. The van der Waals surface area contributed by atoms with Crippen molar-refractivity contribution in [3.8, 4) is 0 Å². The molecule has 136 valence electrons. The predicted molar refractivity (Wildman–Crippen MR) is 86.8 cm³/mol. The molecule has 0 aromatic rings. The minimum atomic E-state index is -0.635. The van der Waals surface area contributed by atoms with E-state index in [4.69, 9.17) is 9.47 Å². The number of aliphatic hydroxyl groups is 4. The standard InChI is InChI=1S/C12H26O5.C4H10O/c1-3-11(5-13,6-14)9-17-10-12(4-2,7-15)8-16;1-3-5-4-2/h13-16H,3-10H2,1-2H3;3-4H2,1-2H3. The van der Waals surface area contributed by atoms with Gasteiger partial charge in [-0.1, -0.05) is 13.8 Å². The van der Waals surface area contributed by atoms with Gasteiger partial charge in [0.05, 0.1) is 39.6 Å². The Morgan fingerprint density at radius 2 is 0.909 bits per heavy atom. The van der Waals surface area contributed by atoms with E-state index < -0.39 is 10.8 Å². The predicted octanol–water partition coefficient (Wildman–Crippen LogP) is 0.808. The number of rotatable bonds is 12. The molecule has 0 atom stereocenters. The first-order chi connectivity index (χ1) is 10.5. The van der Waals surface area contributed by atoms with E-state index in [9.17, 15) is 20.4 Å². The maximum atomic E-state index is 9.24. The highest BCUT2D eigenvalue weighted by Gasteiger charge is 2.31. The van der Waals surface area contributed by atoms with Crippen LogP contribution in [0.2, 0.25) is 0 Å². The first kappa shape index (κ1) is 24.0. The van der Waals surface area contributed by atoms with Crippen molar-refractivity contribution < 1.29 is 29.9 Å². The third kappa shape index (κ3) is 9.02. The number of aliphatic hydroxyl groups excluding tert-OH is 4. The molecule has 0 heterocycles. The smallest absolute Gasteiger partial charge is 0.0566 e. The van der Waals surface area contributed by atoms with Gasteiger partial charge in [-0.05, 0) is 26.7 Å². The van der Waals surface area contributed by atoms with Gasteiger partial charge in [0.2, 0.25) is 0 Å². The van der Waals surface area contributed by atoms with E-state index in [0.29, 0.717) is 12.8 Å². The summed E-state index contributed by atoms with van der Waals surface area (Å²) in [6.45, 7) is 9.29. The molecule has 0 bridgehead atoms. The van der Waals surface area contributed by atoms with Gasteiger partial charge in [0.15, 0.2) is 0 Å². The van der Waals surface area contributed by atoms with Crippen molar-refractivity contribution >= 4 is 0 Å². The fourth-order valence-electron chi connectivity index (χ4n) is 1.62. The number of hydrogen-bond donors (Lipinski definition) is 4. The lowest BCUT2D eigenvalue weighted by Gasteiger charge is -2.32. The molecule has 0 aromatic heterocycles. The average Bonchev–Trinajstić information content (AvgIpc) is 2.58. The zero-order valence-electron chi connectivity index (χ0n) is 14.7. The summed E-state index contributed by atoms with van der Waals surface area (Å²) in [6, 6.07) is 0. The van der Waals surface area contributed by atoms with Crippen LogP contribution in [0.15, 0.2) is 0 Å². The fraction of sp³-hybridized carbons (Fsp3) is 1.00. The van der Waals surface area contributed by atoms with E-state index in [1.807, 2.05) is 27.7 Å². The van der Waals surface area contributed by atoms with Gasteiger partial charge < -0.3 is 29.9 Å². The van der Waals surface area contributed by atoms with E-state index >= 15 is 0 Å². The van der Waals surface area contributed by atoms with Crippen LogP contribution >= 0.6 is 0 Å². The second-order valence-corrected chi connectivity index (χ2v) is 5.61. The highest BCUT2D eigenvalue weighted by Crippen LogP contribution is 2.25. The van der Waals surface area contributed by atoms with E-state index in [2.05, 4.69) is 0 Å². The summed E-state index contributed by atoms with van der Waals surface area (Å²) < 4.78 is 10.3. The molecular weight excluding hydrogens is 288 g/mol. The number of hydrogen-bond acceptors (Lipinski definition) is 6. The molecule has 0 saturated carbocycles. The van der Waals surface area contributed by atoms with Crippen molar-refractivity contribution in [2.24, 2.45) is 10.8 Å². The third-order valence-electron chi connectivity index (χ3n) is 4.07. The summed E-state index contributed by atoms with van der Waals surface area (Å²) in [6.07, 6.45) is 1.22. The summed E-state index contributed by atoms with van der Waals surface area (Å²) in [4.78, 5) is 0. The Morgan fingerprint density at radius 1 is 0.591 bits per heavy atom. The van der Waals surface area contributed by atoms with Gasteiger partial charge in [0.1, 0.15) is 0 Å². The Hall–Kier alpha value is -0.240. The molecule has 6 nitrogen and oxygen atoms in total. The van der Waals surface area contributed by atoms with Crippen molar-refractivity contribution in [3.05, 3.63) is 0 Å². The van der Waals surface area contributed by atoms with Crippen LogP contribution in [0.25, 0.3) is 0 Å². The van der Waals surface area contributed by atoms with Crippen LogP contribution < -0.4 is 0 Å². The van der Waals surface area contributed by atoms with Gasteiger partial charge in [-0.2, -0.15) is 0 Å². The molecule has 0 spiro atoms. The minimum Gasteiger partial charge on any atom is -0.396 e. The van der Waals surface area contributed by atoms with E-state index in [-0.39, 0.29) is 39.6 Å². The van der Waals surface area contributed by atoms with Crippen LogP contribution in [0, 0.1) is 10.8 Å². The van der Waals surface area contributed by atoms with Gasteiger partial charge in [-0.25, -0.2) is 0 Å². The molecule has 0 amide bonds. The van der Waals surface area contributed by atoms with Gasteiger partial charge in [-0.3, -0.25) is 0 Å². The quantitative estimate of drug-likeness (QED) is 0.424. The molecule has 0 unspecified atom stereocenters. The maximum absolute atomic E-state index is 9.24. The Balaban J connectivity index is 0. The molecular formula is C16H36O6. The SMILES string of the molecule is CCC(CO)(CO)COCC(CC)(CO)CO.CCOCC. The van der Waals surface area contributed by atoms with Crippen LogP contribution in [-0.4, -0.2) is 73.3 Å². The lowest BCUT2D eigenvalue weighted by molar-refractivity contribution is -0.0781. The van der Waals surface area contributed by atoms with Crippen molar-refractivity contribution in [3.63, 3.8) is 0 Å². The molecule has 6 heteroatoms. The molecule has 22 heavy (non-hydrogen) atoms. The molecule has 0 fully saturated rings. The van der Waals surface area contributed by atoms with Gasteiger partial charge in [-0.15, -0.1) is 0 Å². The van der Waals surface area contributed by atoms with E-state index in [1.54, 1.807) is 0 Å². The van der Waals surface area contributed by atoms with Gasteiger partial charge in [0, 0.05) is 24.0 Å². The van der Waals surface area contributed by atoms with Crippen LogP contribution in [0.4, 0.5) is 0 Å². The first-order valence-electron chi connectivity index (χ1n) is 8.08. The normalized spacial score (nSPS) is 12.0. The van der Waals surface area contributed by atoms with Crippen molar-refractivity contribution in [1.82, 2.24) is 0 Å². The summed E-state index contributed by atoms with van der Waals surface area (Å²) >= 11 is 0. The van der Waals surface area contributed by atoms with E-state index in [1.165, 1.54) is 0 Å². The molecule has 0 aliphatic heterocycles. The second kappa shape index (κ2) is 14.4. The van der Waals surface area contributed by atoms with Crippen LogP contribution in [0.5, 0.6) is 0 Å². The largest absolute Gasteiger partial charge is 0.396 e. The monoisotopic (exact) mass is 324 g/mol. The highest BCUT2D eigenvalue weighted by atomic mass is 16.5. The molecule has 0 radical (unpaired) electrons. The van der Waals surface area contributed by atoms with Crippen LogP contribution in [-0.2, 0) is 9.47 Å².